The molecule has 0 saturated heterocycles. The van der Waals surface area contributed by atoms with Crippen LogP contribution in [0.3, 0.4) is 0 Å². The summed E-state index contributed by atoms with van der Waals surface area (Å²) < 4.78 is 46.7. The van der Waals surface area contributed by atoms with Crippen molar-refractivity contribution < 1.29 is 27.2 Å². The van der Waals surface area contributed by atoms with Gasteiger partial charge in [-0.05, 0) is 24.3 Å². The van der Waals surface area contributed by atoms with Crippen LogP contribution in [-0.4, -0.2) is 23.2 Å². The maximum absolute atomic E-state index is 12.5. The Morgan fingerprint density at radius 3 is 2.44 bits per heavy atom. The van der Waals surface area contributed by atoms with Gasteiger partial charge in [0.15, 0.2) is 0 Å². The molecule has 1 heterocycles. The molecule has 140 valence electrons. The normalized spacial score (nSPS) is 11.3. The molecule has 0 radical (unpaired) electrons. The maximum atomic E-state index is 12.5. The zero-order chi connectivity index (χ0) is 19.6. The average Bonchev–Trinajstić information content (AvgIpc) is 3.14. The SMILES string of the molecule is COc1ccc(NC(=O)c2ccc(-c3noc(C(F)(F)F)n3)cc2)c(Cl)c1. The Morgan fingerprint density at radius 2 is 1.89 bits per heavy atom. The molecule has 3 rings (SSSR count). The van der Waals surface area contributed by atoms with Gasteiger partial charge in [-0.15, -0.1) is 0 Å². The number of benzene rings is 2. The van der Waals surface area contributed by atoms with E-state index in [0.717, 1.165) is 0 Å². The van der Waals surface area contributed by atoms with Gasteiger partial charge >= 0.3 is 12.1 Å². The number of hydrogen-bond acceptors (Lipinski definition) is 5. The monoisotopic (exact) mass is 397 g/mol. The molecule has 6 nitrogen and oxygen atoms in total. The molecule has 2 aromatic carbocycles. The van der Waals surface area contributed by atoms with Gasteiger partial charge in [0.25, 0.3) is 5.91 Å². The third-order valence-corrected chi connectivity index (χ3v) is 3.81. The van der Waals surface area contributed by atoms with Gasteiger partial charge in [0.2, 0.25) is 5.82 Å². The van der Waals surface area contributed by atoms with E-state index in [2.05, 4.69) is 20.0 Å². The number of alkyl halides is 3. The summed E-state index contributed by atoms with van der Waals surface area (Å²) >= 11 is 6.07. The van der Waals surface area contributed by atoms with E-state index in [-0.39, 0.29) is 17.0 Å². The van der Waals surface area contributed by atoms with Crippen molar-refractivity contribution in [1.29, 1.82) is 0 Å². The minimum absolute atomic E-state index is 0.229. The number of nitrogens with zero attached hydrogens (tertiary/aromatic N) is 2. The van der Waals surface area contributed by atoms with Gasteiger partial charge in [-0.2, -0.15) is 18.2 Å². The average molecular weight is 398 g/mol. The lowest BCUT2D eigenvalue weighted by molar-refractivity contribution is -0.159. The van der Waals surface area contributed by atoms with Crippen molar-refractivity contribution in [2.45, 2.75) is 6.18 Å². The highest BCUT2D eigenvalue weighted by atomic mass is 35.5. The van der Waals surface area contributed by atoms with Gasteiger partial charge in [-0.25, -0.2) is 0 Å². The van der Waals surface area contributed by atoms with Crippen LogP contribution in [-0.2, 0) is 6.18 Å². The Kier molecular flexibility index (Phi) is 5.04. The van der Waals surface area contributed by atoms with E-state index in [1.54, 1.807) is 18.2 Å². The zero-order valence-electron chi connectivity index (χ0n) is 13.7. The van der Waals surface area contributed by atoms with Crippen LogP contribution < -0.4 is 10.1 Å². The predicted molar refractivity (Wildman–Crippen MR) is 90.7 cm³/mol. The highest BCUT2D eigenvalue weighted by molar-refractivity contribution is 6.34. The quantitative estimate of drug-likeness (QED) is 0.692. The van der Waals surface area contributed by atoms with Crippen LogP contribution in [0.15, 0.2) is 47.0 Å². The first-order chi connectivity index (χ1) is 12.8. The lowest BCUT2D eigenvalue weighted by Crippen LogP contribution is -2.12. The summed E-state index contributed by atoms with van der Waals surface area (Å²) in [7, 11) is 1.49. The van der Waals surface area contributed by atoms with Crippen LogP contribution in [0.1, 0.15) is 16.2 Å². The number of aromatic nitrogens is 2. The van der Waals surface area contributed by atoms with Crippen LogP contribution in [0, 0.1) is 0 Å². The van der Waals surface area contributed by atoms with E-state index >= 15 is 0 Å². The molecule has 0 aliphatic heterocycles. The Balaban J connectivity index is 1.75. The van der Waals surface area contributed by atoms with Crippen LogP contribution in [0.2, 0.25) is 5.02 Å². The second-order valence-electron chi connectivity index (χ2n) is 5.30. The highest BCUT2D eigenvalue weighted by Gasteiger charge is 2.38. The fourth-order valence-corrected chi connectivity index (χ4v) is 2.36. The van der Waals surface area contributed by atoms with Gasteiger partial charge in [0.05, 0.1) is 17.8 Å². The molecule has 0 unspecified atom stereocenters. The number of methoxy groups -OCH3 is 1. The van der Waals surface area contributed by atoms with Crippen LogP contribution >= 0.6 is 11.6 Å². The highest BCUT2D eigenvalue weighted by Crippen LogP contribution is 2.30. The molecule has 1 N–H and O–H groups in total. The fraction of sp³-hybridized carbons (Fsp3) is 0.118. The molecule has 0 fully saturated rings. The van der Waals surface area contributed by atoms with Gasteiger partial charge in [0.1, 0.15) is 5.75 Å². The molecule has 3 aromatic rings. The summed E-state index contributed by atoms with van der Waals surface area (Å²) in [5, 5.41) is 6.22. The Labute approximate surface area is 155 Å². The van der Waals surface area contributed by atoms with E-state index < -0.39 is 18.0 Å². The topological polar surface area (TPSA) is 77.2 Å². The number of rotatable bonds is 4. The summed E-state index contributed by atoms with van der Waals surface area (Å²) in [6.07, 6.45) is -4.72. The third kappa shape index (κ3) is 4.20. The van der Waals surface area contributed by atoms with Crippen LogP contribution in [0.4, 0.5) is 18.9 Å². The van der Waals surface area contributed by atoms with Crippen molar-refractivity contribution in [3.8, 4) is 17.1 Å². The van der Waals surface area contributed by atoms with E-state index in [0.29, 0.717) is 16.5 Å². The number of carbonyl (C=O) groups is 1. The Morgan fingerprint density at radius 1 is 1.19 bits per heavy atom. The van der Waals surface area contributed by atoms with E-state index in [4.69, 9.17) is 16.3 Å². The molecule has 27 heavy (non-hydrogen) atoms. The molecule has 0 saturated carbocycles. The Hall–Kier alpha value is -3.07. The molecule has 0 bridgehead atoms. The first-order valence-corrected chi connectivity index (χ1v) is 7.82. The number of ether oxygens (including phenoxy) is 1. The molecule has 1 amide bonds. The van der Waals surface area contributed by atoms with Crippen molar-refractivity contribution >= 4 is 23.2 Å². The second kappa shape index (κ2) is 7.28. The van der Waals surface area contributed by atoms with Crippen molar-refractivity contribution in [1.82, 2.24) is 10.1 Å². The van der Waals surface area contributed by atoms with Crippen molar-refractivity contribution in [3.63, 3.8) is 0 Å². The lowest BCUT2D eigenvalue weighted by atomic mass is 10.1. The number of amides is 1. The zero-order valence-corrected chi connectivity index (χ0v) is 14.4. The van der Waals surface area contributed by atoms with Crippen LogP contribution in [0.5, 0.6) is 5.75 Å². The van der Waals surface area contributed by atoms with Gasteiger partial charge in [-0.1, -0.05) is 28.9 Å². The molecule has 0 aliphatic rings. The summed E-state index contributed by atoms with van der Waals surface area (Å²) in [6, 6.07) is 10.4. The molecular formula is C17H11ClF3N3O3. The summed E-state index contributed by atoms with van der Waals surface area (Å²) in [5.41, 5.74) is 0.929. The molecular weight excluding hydrogens is 387 g/mol. The lowest BCUT2D eigenvalue weighted by Gasteiger charge is -2.09. The van der Waals surface area contributed by atoms with Crippen molar-refractivity contribution in [2.75, 3.05) is 12.4 Å². The van der Waals surface area contributed by atoms with Crippen molar-refractivity contribution in [3.05, 3.63) is 58.9 Å². The minimum Gasteiger partial charge on any atom is -0.497 e. The molecule has 0 aliphatic carbocycles. The van der Waals surface area contributed by atoms with Gasteiger partial charge in [-0.3, -0.25) is 4.79 Å². The standard InChI is InChI=1S/C17H11ClF3N3O3/c1-26-11-6-7-13(12(18)8-11)22-15(25)10-4-2-9(3-5-10)14-23-16(27-24-14)17(19,20)21/h2-8H,1H3,(H,22,25). The molecule has 0 atom stereocenters. The Bertz CT molecular complexity index is 972. The minimum atomic E-state index is -4.72. The first-order valence-electron chi connectivity index (χ1n) is 7.44. The number of nitrogens with one attached hydrogen (secondary N) is 1. The smallest absolute Gasteiger partial charge is 0.471 e. The molecule has 10 heteroatoms. The number of hydrogen-bond donors (Lipinski definition) is 1. The summed E-state index contributed by atoms with van der Waals surface area (Å²) in [5.74, 6) is -1.57. The molecule has 1 aromatic heterocycles. The van der Waals surface area contributed by atoms with Gasteiger partial charge < -0.3 is 14.6 Å². The van der Waals surface area contributed by atoms with E-state index in [1.807, 2.05) is 0 Å². The van der Waals surface area contributed by atoms with Crippen LogP contribution in [0.25, 0.3) is 11.4 Å². The first kappa shape index (κ1) is 18.7. The number of halogens is 4. The van der Waals surface area contributed by atoms with Gasteiger partial charge in [0, 0.05) is 17.2 Å². The van der Waals surface area contributed by atoms with E-state index in [1.165, 1.54) is 31.4 Å². The second-order valence-corrected chi connectivity index (χ2v) is 5.71. The number of carbonyl (C=O) groups excluding carboxylic acids is 1. The fourth-order valence-electron chi connectivity index (χ4n) is 2.15. The number of anilines is 1. The molecule has 0 spiro atoms. The van der Waals surface area contributed by atoms with Crippen molar-refractivity contribution in [2.24, 2.45) is 0 Å². The summed E-state index contributed by atoms with van der Waals surface area (Å²) in [6.45, 7) is 0. The van der Waals surface area contributed by atoms with E-state index in [9.17, 15) is 18.0 Å². The third-order valence-electron chi connectivity index (χ3n) is 3.50. The maximum Gasteiger partial charge on any atom is 0.471 e. The largest absolute Gasteiger partial charge is 0.497 e. The predicted octanol–water partition coefficient (Wildman–Crippen LogP) is 4.67. The summed E-state index contributed by atoms with van der Waals surface area (Å²) in [4.78, 5) is 15.6.